The predicted molar refractivity (Wildman–Crippen MR) is 190 cm³/mol. The van der Waals surface area contributed by atoms with Crippen molar-refractivity contribution in [3.8, 4) is 22.1 Å². The lowest BCUT2D eigenvalue weighted by atomic mass is 9.96. The second kappa shape index (κ2) is 12.8. The van der Waals surface area contributed by atoms with E-state index in [1.54, 1.807) is 31.4 Å². The molecule has 1 heterocycles. The van der Waals surface area contributed by atoms with Crippen molar-refractivity contribution in [2.45, 2.75) is 102 Å². The standard InChI is InChI=1S/C37H47N3O6S2/c1-8-26-19-37(26,35(42)40-48(43,44)36(6)13-14-36)39-33(41)24-10-9-22(4)15-27(16-24)46-32-18-25(34-38-30(20-47-34)21(2)3)17-29-23(5)31(45-7)12-11-28(29)32/h8,11-12,17-18,20-22,24,26-27H,1,9-10,13-16,19H2,2-7H3,(H,39,41)(H,40,42). The number of carbonyl (C=O) groups excluding carboxylic acids is 2. The van der Waals surface area contributed by atoms with Crippen LogP contribution in [0.25, 0.3) is 21.3 Å². The minimum Gasteiger partial charge on any atom is -0.496 e. The molecule has 258 valence electrons. The number of aryl methyl sites for hydroxylation is 1. The normalized spacial score (nSPS) is 26.4. The number of aromatic nitrogens is 1. The molecular formula is C37H47N3O6S2. The zero-order valence-electron chi connectivity index (χ0n) is 28.7. The lowest BCUT2D eigenvalue weighted by Gasteiger charge is -2.26. The van der Waals surface area contributed by atoms with E-state index in [4.69, 9.17) is 14.5 Å². The van der Waals surface area contributed by atoms with Crippen LogP contribution in [0.15, 0.2) is 42.3 Å². The van der Waals surface area contributed by atoms with Gasteiger partial charge in [-0.05, 0) is 106 Å². The molecule has 0 aliphatic heterocycles. The van der Waals surface area contributed by atoms with Crippen LogP contribution in [0.3, 0.4) is 0 Å². The highest BCUT2D eigenvalue weighted by atomic mass is 32.2. The molecule has 3 aromatic rings. The summed E-state index contributed by atoms with van der Waals surface area (Å²) < 4.78 is 39.6. The van der Waals surface area contributed by atoms with Crippen LogP contribution in [0.1, 0.15) is 89.8 Å². The molecule has 2 N–H and O–H groups in total. The number of nitrogens with zero attached hydrogens (tertiary/aromatic N) is 1. The number of rotatable bonds is 11. The smallest absolute Gasteiger partial charge is 0.259 e. The maximum Gasteiger partial charge on any atom is 0.259 e. The molecule has 11 heteroatoms. The van der Waals surface area contributed by atoms with Crippen LogP contribution >= 0.6 is 11.3 Å². The second-order valence-electron chi connectivity index (χ2n) is 14.7. The zero-order valence-corrected chi connectivity index (χ0v) is 30.4. The Morgan fingerprint density at radius 3 is 2.50 bits per heavy atom. The number of thiazole rings is 1. The van der Waals surface area contributed by atoms with Crippen LogP contribution < -0.4 is 19.5 Å². The van der Waals surface area contributed by atoms with E-state index in [9.17, 15) is 18.0 Å². The van der Waals surface area contributed by atoms with Crippen molar-refractivity contribution in [2.75, 3.05) is 7.11 Å². The summed E-state index contributed by atoms with van der Waals surface area (Å²) in [5, 5.41) is 7.99. The third kappa shape index (κ3) is 6.47. The van der Waals surface area contributed by atoms with Gasteiger partial charge in [0.15, 0.2) is 0 Å². The number of sulfonamides is 1. The molecule has 1 aromatic heterocycles. The molecular weight excluding hydrogens is 647 g/mol. The number of methoxy groups -OCH3 is 1. The van der Waals surface area contributed by atoms with E-state index in [1.165, 1.54) is 0 Å². The fourth-order valence-corrected chi connectivity index (χ4v) is 9.17. The minimum absolute atomic E-state index is 0.254. The van der Waals surface area contributed by atoms with Crippen LogP contribution in [0.5, 0.6) is 11.5 Å². The molecule has 3 fully saturated rings. The van der Waals surface area contributed by atoms with Gasteiger partial charge in [0.1, 0.15) is 22.0 Å². The first-order chi connectivity index (χ1) is 22.7. The maximum absolute atomic E-state index is 13.9. The molecule has 0 saturated heterocycles. The van der Waals surface area contributed by atoms with Gasteiger partial charge in [-0.1, -0.05) is 26.8 Å². The number of benzene rings is 2. The zero-order chi connectivity index (χ0) is 34.6. The van der Waals surface area contributed by atoms with Crippen molar-refractivity contribution in [3.05, 3.63) is 53.6 Å². The quantitative estimate of drug-likeness (QED) is 0.163. The van der Waals surface area contributed by atoms with Crippen LogP contribution in [-0.2, 0) is 19.6 Å². The van der Waals surface area contributed by atoms with Crippen molar-refractivity contribution in [3.63, 3.8) is 0 Å². The van der Waals surface area contributed by atoms with Gasteiger partial charge in [0.05, 0.1) is 23.7 Å². The third-order valence-electron chi connectivity index (χ3n) is 10.7. The van der Waals surface area contributed by atoms with Crippen LogP contribution in [0.2, 0.25) is 0 Å². The lowest BCUT2D eigenvalue weighted by molar-refractivity contribution is -0.132. The van der Waals surface area contributed by atoms with E-state index in [1.807, 2.05) is 19.1 Å². The highest BCUT2D eigenvalue weighted by molar-refractivity contribution is 7.91. The van der Waals surface area contributed by atoms with Crippen LogP contribution in [0, 0.1) is 24.7 Å². The predicted octanol–water partition coefficient (Wildman–Crippen LogP) is 7.04. The average molecular weight is 694 g/mol. The van der Waals surface area contributed by atoms with Crippen LogP contribution in [0.4, 0.5) is 0 Å². The summed E-state index contributed by atoms with van der Waals surface area (Å²) >= 11 is 1.61. The Kier molecular flexibility index (Phi) is 9.17. The van der Waals surface area contributed by atoms with Crippen molar-refractivity contribution in [1.82, 2.24) is 15.0 Å². The van der Waals surface area contributed by atoms with Crippen LogP contribution in [-0.4, -0.2) is 48.7 Å². The summed E-state index contributed by atoms with van der Waals surface area (Å²) in [4.78, 5) is 32.3. The first-order valence-corrected chi connectivity index (χ1v) is 19.3. The average Bonchev–Trinajstić information content (AvgIpc) is 3.92. The number of hydrogen-bond donors (Lipinski definition) is 2. The topological polar surface area (TPSA) is 124 Å². The molecule has 5 unspecified atom stereocenters. The summed E-state index contributed by atoms with van der Waals surface area (Å²) in [6, 6.07) is 8.18. The number of amides is 2. The highest BCUT2D eigenvalue weighted by Crippen LogP contribution is 2.47. The molecule has 3 aliphatic rings. The van der Waals surface area contributed by atoms with Gasteiger partial charge in [-0.15, -0.1) is 17.9 Å². The minimum atomic E-state index is -3.85. The first-order valence-electron chi connectivity index (χ1n) is 17.0. The second-order valence-corrected chi connectivity index (χ2v) is 17.7. The van der Waals surface area contributed by atoms with Crippen molar-refractivity contribution in [2.24, 2.45) is 17.8 Å². The van der Waals surface area contributed by atoms with E-state index >= 15 is 0 Å². The number of ether oxygens (including phenoxy) is 2. The van der Waals surface area contributed by atoms with E-state index in [0.717, 1.165) is 56.9 Å². The largest absolute Gasteiger partial charge is 0.496 e. The molecule has 9 nitrogen and oxygen atoms in total. The van der Waals surface area contributed by atoms with Crippen molar-refractivity contribution in [1.29, 1.82) is 0 Å². The summed E-state index contributed by atoms with van der Waals surface area (Å²) in [5.41, 5.74) is 1.71. The first kappa shape index (κ1) is 34.4. The number of carbonyl (C=O) groups is 2. The fourth-order valence-electron chi connectivity index (χ4n) is 6.89. The van der Waals surface area contributed by atoms with E-state index < -0.39 is 32.1 Å². The Bertz CT molecular complexity index is 1860. The lowest BCUT2D eigenvalue weighted by Crippen LogP contribution is -2.54. The summed E-state index contributed by atoms with van der Waals surface area (Å²) in [6.07, 6.45) is 5.43. The molecule has 0 bridgehead atoms. The van der Waals surface area contributed by atoms with E-state index in [-0.39, 0.29) is 17.9 Å². The molecule has 3 aliphatic carbocycles. The molecule has 48 heavy (non-hydrogen) atoms. The molecule has 0 radical (unpaired) electrons. The van der Waals surface area contributed by atoms with Gasteiger partial charge in [-0.2, -0.15) is 0 Å². The number of hydrogen-bond acceptors (Lipinski definition) is 8. The Labute approximate surface area is 287 Å². The molecule has 0 spiro atoms. The van der Waals surface area contributed by atoms with E-state index in [0.29, 0.717) is 43.9 Å². The monoisotopic (exact) mass is 693 g/mol. The summed E-state index contributed by atoms with van der Waals surface area (Å²) in [6.45, 7) is 13.9. The fraction of sp³-hybridized carbons (Fsp3) is 0.541. The van der Waals surface area contributed by atoms with E-state index in [2.05, 4.69) is 54.9 Å². The summed E-state index contributed by atoms with van der Waals surface area (Å²) in [5.74, 6) is 0.487. The molecule has 6 rings (SSSR count). The summed E-state index contributed by atoms with van der Waals surface area (Å²) in [7, 11) is -2.18. The Hall–Kier alpha value is -3.44. The number of fused-ring (bicyclic) bond motifs is 1. The van der Waals surface area contributed by atoms with Gasteiger partial charge >= 0.3 is 0 Å². The van der Waals surface area contributed by atoms with Crippen molar-refractivity contribution >= 4 is 43.9 Å². The Balaban J connectivity index is 1.26. The Morgan fingerprint density at radius 2 is 1.88 bits per heavy atom. The molecule has 5 atom stereocenters. The van der Waals surface area contributed by atoms with Gasteiger partial charge in [0, 0.05) is 28.2 Å². The Morgan fingerprint density at radius 1 is 1.12 bits per heavy atom. The SMILES string of the molecule is C=CC1CC1(NC(=O)C1CCC(C)CC(Oc2cc(-c3nc(C(C)C)cs3)cc3c(C)c(OC)ccc23)C1)C(=O)NS(=O)(=O)C1(C)CC1. The van der Waals surface area contributed by atoms with Gasteiger partial charge < -0.3 is 14.8 Å². The highest BCUT2D eigenvalue weighted by Gasteiger charge is 2.62. The number of nitrogens with one attached hydrogen (secondary N) is 2. The van der Waals surface area contributed by atoms with Crippen molar-refractivity contribution < 1.29 is 27.5 Å². The third-order valence-corrected chi connectivity index (χ3v) is 13.7. The van der Waals surface area contributed by atoms with Gasteiger partial charge in [-0.25, -0.2) is 13.4 Å². The van der Waals surface area contributed by atoms with Gasteiger partial charge in [0.25, 0.3) is 5.91 Å². The van der Waals surface area contributed by atoms with Gasteiger partial charge in [-0.3, -0.25) is 14.3 Å². The maximum atomic E-state index is 13.9. The van der Waals surface area contributed by atoms with Gasteiger partial charge in [0.2, 0.25) is 15.9 Å². The molecule has 2 amide bonds. The molecule has 2 aromatic carbocycles. The molecule has 3 saturated carbocycles.